The number of pyridine rings is 2. The smallest absolute Gasteiger partial charge is 0.215 e. The lowest BCUT2D eigenvalue weighted by molar-refractivity contribution is 0.290. The Kier molecular flexibility index (Phi) is 3.76. The van der Waals surface area contributed by atoms with Crippen LogP contribution in [-0.4, -0.2) is 19.5 Å². The highest BCUT2D eigenvalue weighted by Crippen LogP contribution is 2.20. The van der Waals surface area contributed by atoms with Crippen molar-refractivity contribution in [1.29, 1.82) is 0 Å². The zero-order valence-corrected chi connectivity index (χ0v) is 14.5. The average molecular weight is 352 g/mol. The number of ether oxygens (including phenoxy) is 1. The van der Waals surface area contributed by atoms with Gasteiger partial charge in [-0.15, -0.1) is 0 Å². The maximum atomic E-state index is 5.89. The molecule has 3 heterocycles. The molecule has 5 nitrogen and oxygen atoms in total. The first-order valence-electron chi connectivity index (χ1n) is 8.74. The molecule has 0 aliphatic carbocycles. The van der Waals surface area contributed by atoms with Gasteiger partial charge in [0.25, 0.3) is 0 Å². The Hall–Kier alpha value is -3.73. The molecule has 0 amide bonds. The molecule has 5 aromatic rings. The Morgan fingerprint density at radius 1 is 0.741 bits per heavy atom. The lowest BCUT2D eigenvalue weighted by Crippen LogP contribution is -2.01. The van der Waals surface area contributed by atoms with Crippen LogP contribution in [0.25, 0.3) is 27.8 Å². The molecule has 3 aromatic heterocycles. The number of para-hydroxylation sites is 2. The maximum Gasteiger partial charge on any atom is 0.215 e. The first-order chi connectivity index (χ1) is 13.4. The third-order valence-corrected chi connectivity index (χ3v) is 4.43. The van der Waals surface area contributed by atoms with Gasteiger partial charge in [-0.05, 0) is 30.3 Å². The number of rotatable bonds is 4. The van der Waals surface area contributed by atoms with Crippen LogP contribution < -0.4 is 4.74 Å². The van der Waals surface area contributed by atoms with E-state index in [2.05, 4.69) is 21.0 Å². The largest absolute Gasteiger partial charge is 0.471 e. The molecule has 0 unspecified atom stereocenters. The molecule has 0 aliphatic heterocycles. The van der Waals surface area contributed by atoms with E-state index in [-0.39, 0.29) is 0 Å². The molecular weight excluding hydrogens is 336 g/mol. The van der Waals surface area contributed by atoms with Gasteiger partial charge < -0.3 is 4.74 Å². The Morgan fingerprint density at radius 3 is 2.52 bits per heavy atom. The van der Waals surface area contributed by atoms with Crippen molar-refractivity contribution in [3.63, 3.8) is 0 Å². The number of aromatic nitrogens is 4. The highest BCUT2D eigenvalue weighted by Gasteiger charge is 2.08. The standard InChI is InChI=1S/C22H16N4O/c1-2-7-18(8-3-1)26-15-23-20-12-13-21(25-22(20)26)27-14-17-11-10-16-6-4-5-9-19(16)24-17/h1-13,15H,14H2. The summed E-state index contributed by atoms with van der Waals surface area (Å²) in [5.74, 6) is 0.551. The summed E-state index contributed by atoms with van der Waals surface area (Å²) in [4.78, 5) is 13.7. The van der Waals surface area contributed by atoms with Crippen LogP contribution in [-0.2, 0) is 6.61 Å². The third-order valence-electron chi connectivity index (χ3n) is 4.43. The van der Waals surface area contributed by atoms with Gasteiger partial charge in [0.05, 0.1) is 11.2 Å². The fraction of sp³-hybridized carbons (Fsp3) is 0.0455. The molecule has 2 aromatic carbocycles. The van der Waals surface area contributed by atoms with Crippen LogP contribution in [0.5, 0.6) is 5.88 Å². The predicted molar refractivity (Wildman–Crippen MR) is 105 cm³/mol. The summed E-state index contributed by atoms with van der Waals surface area (Å²) in [6.07, 6.45) is 1.78. The van der Waals surface area contributed by atoms with Crippen LogP contribution in [0.3, 0.4) is 0 Å². The average Bonchev–Trinajstić information content (AvgIpc) is 3.16. The van der Waals surface area contributed by atoms with E-state index in [1.807, 2.05) is 77.4 Å². The zero-order valence-electron chi connectivity index (χ0n) is 14.5. The molecule has 130 valence electrons. The number of fused-ring (bicyclic) bond motifs is 2. The highest BCUT2D eigenvalue weighted by atomic mass is 16.5. The van der Waals surface area contributed by atoms with E-state index in [1.165, 1.54) is 0 Å². The predicted octanol–water partition coefficient (Wildman–Crippen LogP) is 4.55. The molecular formula is C22H16N4O. The van der Waals surface area contributed by atoms with Crippen molar-refractivity contribution in [3.8, 4) is 11.6 Å². The maximum absolute atomic E-state index is 5.89. The van der Waals surface area contributed by atoms with Crippen LogP contribution in [0.15, 0.2) is 85.2 Å². The topological polar surface area (TPSA) is 52.8 Å². The van der Waals surface area contributed by atoms with Crippen LogP contribution >= 0.6 is 0 Å². The summed E-state index contributed by atoms with van der Waals surface area (Å²) in [5, 5.41) is 1.12. The van der Waals surface area contributed by atoms with Gasteiger partial charge in [-0.25, -0.2) is 9.97 Å². The minimum absolute atomic E-state index is 0.364. The van der Waals surface area contributed by atoms with Crippen molar-refractivity contribution in [2.24, 2.45) is 0 Å². The van der Waals surface area contributed by atoms with Gasteiger partial charge in [0.2, 0.25) is 5.88 Å². The van der Waals surface area contributed by atoms with Crippen LogP contribution in [0.1, 0.15) is 5.69 Å². The molecule has 0 bridgehead atoms. The molecule has 5 heteroatoms. The quantitative estimate of drug-likeness (QED) is 0.476. The molecule has 0 spiro atoms. The van der Waals surface area contributed by atoms with Gasteiger partial charge in [0.15, 0.2) is 5.65 Å². The lowest BCUT2D eigenvalue weighted by atomic mass is 10.2. The monoisotopic (exact) mass is 352 g/mol. The van der Waals surface area contributed by atoms with Crippen LogP contribution in [0, 0.1) is 0 Å². The summed E-state index contributed by atoms with van der Waals surface area (Å²) in [7, 11) is 0. The summed E-state index contributed by atoms with van der Waals surface area (Å²) < 4.78 is 7.85. The number of hydrogen-bond acceptors (Lipinski definition) is 4. The second kappa shape index (κ2) is 6.53. The molecule has 0 N–H and O–H groups in total. The third kappa shape index (κ3) is 3.00. The van der Waals surface area contributed by atoms with Crippen molar-refractivity contribution < 1.29 is 4.74 Å². The highest BCUT2D eigenvalue weighted by molar-refractivity contribution is 5.78. The second-order valence-electron chi connectivity index (χ2n) is 6.23. The molecule has 5 rings (SSSR count). The van der Waals surface area contributed by atoms with Crippen molar-refractivity contribution in [2.45, 2.75) is 6.61 Å². The van der Waals surface area contributed by atoms with E-state index in [0.29, 0.717) is 12.5 Å². The Morgan fingerprint density at radius 2 is 1.59 bits per heavy atom. The van der Waals surface area contributed by atoms with Crippen LogP contribution in [0.2, 0.25) is 0 Å². The van der Waals surface area contributed by atoms with Crippen molar-refractivity contribution in [1.82, 2.24) is 19.5 Å². The van der Waals surface area contributed by atoms with E-state index in [1.54, 1.807) is 6.33 Å². The molecule has 0 atom stereocenters. The van der Waals surface area contributed by atoms with E-state index in [9.17, 15) is 0 Å². The summed E-state index contributed by atoms with van der Waals surface area (Å²) in [6.45, 7) is 0.364. The fourth-order valence-corrected chi connectivity index (χ4v) is 3.07. The van der Waals surface area contributed by atoms with E-state index < -0.39 is 0 Å². The normalized spacial score (nSPS) is 11.1. The van der Waals surface area contributed by atoms with Gasteiger partial charge >= 0.3 is 0 Å². The van der Waals surface area contributed by atoms with Gasteiger partial charge in [0, 0.05) is 17.1 Å². The van der Waals surface area contributed by atoms with Gasteiger partial charge in [-0.1, -0.05) is 42.5 Å². The number of imidazole rings is 1. The van der Waals surface area contributed by atoms with Gasteiger partial charge in [-0.3, -0.25) is 4.57 Å². The minimum atomic E-state index is 0.364. The first-order valence-corrected chi connectivity index (χ1v) is 8.74. The molecule has 0 saturated heterocycles. The van der Waals surface area contributed by atoms with E-state index in [0.717, 1.165) is 33.4 Å². The Balaban J connectivity index is 1.43. The number of hydrogen-bond donors (Lipinski definition) is 0. The SMILES string of the molecule is c1ccc(-n2cnc3ccc(OCc4ccc5ccccc5n4)nc32)cc1. The molecule has 0 radical (unpaired) electrons. The second-order valence-corrected chi connectivity index (χ2v) is 6.23. The van der Waals surface area contributed by atoms with Gasteiger partial charge in [-0.2, -0.15) is 4.98 Å². The summed E-state index contributed by atoms with van der Waals surface area (Å²) in [5.41, 5.74) is 4.44. The summed E-state index contributed by atoms with van der Waals surface area (Å²) >= 11 is 0. The van der Waals surface area contributed by atoms with Gasteiger partial charge in [0.1, 0.15) is 18.5 Å². The van der Waals surface area contributed by atoms with E-state index >= 15 is 0 Å². The van der Waals surface area contributed by atoms with Crippen molar-refractivity contribution >= 4 is 22.1 Å². The van der Waals surface area contributed by atoms with E-state index in [4.69, 9.17) is 4.74 Å². The molecule has 0 saturated carbocycles. The minimum Gasteiger partial charge on any atom is -0.471 e. The molecule has 0 aliphatic rings. The number of benzene rings is 2. The summed E-state index contributed by atoms with van der Waals surface area (Å²) in [6, 6.07) is 25.9. The fourth-order valence-electron chi connectivity index (χ4n) is 3.07. The van der Waals surface area contributed by atoms with Crippen molar-refractivity contribution in [3.05, 3.63) is 90.9 Å². The van der Waals surface area contributed by atoms with Crippen LogP contribution in [0.4, 0.5) is 0 Å². The Labute approximate surface area is 155 Å². The lowest BCUT2D eigenvalue weighted by Gasteiger charge is -2.07. The molecule has 27 heavy (non-hydrogen) atoms. The van der Waals surface area contributed by atoms with Crippen molar-refractivity contribution in [2.75, 3.05) is 0 Å². The Bertz CT molecular complexity index is 1230. The first kappa shape index (κ1) is 15.5. The number of nitrogens with zero attached hydrogens (tertiary/aromatic N) is 4. The zero-order chi connectivity index (χ0) is 18.1. The molecule has 0 fully saturated rings.